The molecule has 1 N–H and O–H groups in total. The number of aryl methyl sites for hydroxylation is 3. The van der Waals surface area contributed by atoms with Crippen LogP contribution in [0.5, 0.6) is 0 Å². The van der Waals surface area contributed by atoms with Gasteiger partial charge in [-0.05, 0) is 31.9 Å². The molecular formula is C18H23ClN4O. The summed E-state index contributed by atoms with van der Waals surface area (Å²) in [5.74, 6) is 1.26. The molecule has 1 aromatic carbocycles. The summed E-state index contributed by atoms with van der Waals surface area (Å²) < 4.78 is 0. The molecule has 128 valence electrons. The maximum Gasteiger partial charge on any atom is 0.243 e. The highest BCUT2D eigenvalue weighted by atomic mass is 35.5. The molecule has 24 heavy (non-hydrogen) atoms. The van der Waals surface area contributed by atoms with Gasteiger partial charge in [0.25, 0.3) is 0 Å². The number of hydrogen-bond acceptors (Lipinski definition) is 4. The average molecular weight is 347 g/mol. The molecule has 6 heteroatoms. The van der Waals surface area contributed by atoms with Crippen LogP contribution in [0.2, 0.25) is 5.15 Å². The Morgan fingerprint density at radius 3 is 2.42 bits per heavy atom. The molecule has 1 amide bonds. The van der Waals surface area contributed by atoms with E-state index in [0.717, 1.165) is 22.4 Å². The van der Waals surface area contributed by atoms with Gasteiger partial charge in [0.15, 0.2) is 0 Å². The lowest BCUT2D eigenvalue weighted by atomic mass is 10.1. The zero-order valence-electron chi connectivity index (χ0n) is 14.8. The van der Waals surface area contributed by atoms with Gasteiger partial charge < -0.3 is 10.2 Å². The molecule has 1 heterocycles. The van der Waals surface area contributed by atoms with Gasteiger partial charge in [0.05, 0.1) is 6.54 Å². The van der Waals surface area contributed by atoms with Crippen molar-refractivity contribution < 1.29 is 4.79 Å². The third-order valence-corrected chi connectivity index (χ3v) is 4.28. The fourth-order valence-electron chi connectivity index (χ4n) is 2.53. The van der Waals surface area contributed by atoms with Crippen LogP contribution >= 0.6 is 11.6 Å². The van der Waals surface area contributed by atoms with Gasteiger partial charge in [-0.3, -0.25) is 4.79 Å². The molecule has 0 aliphatic carbocycles. The lowest BCUT2D eigenvalue weighted by molar-refractivity contribution is -0.114. The van der Waals surface area contributed by atoms with Gasteiger partial charge in [-0.2, -0.15) is 0 Å². The van der Waals surface area contributed by atoms with E-state index in [0.29, 0.717) is 23.2 Å². The number of halogens is 1. The van der Waals surface area contributed by atoms with E-state index in [1.54, 1.807) is 4.90 Å². The van der Waals surface area contributed by atoms with Gasteiger partial charge in [0.2, 0.25) is 5.91 Å². The highest BCUT2D eigenvalue weighted by Gasteiger charge is 2.16. The summed E-state index contributed by atoms with van der Waals surface area (Å²) in [5.41, 5.74) is 3.72. The number of hydrogen-bond donors (Lipinski definition) is 1. The largest absolute Gasteiger partial charge is 0.350 e. The van der Waals surface area contributed by atoms with Crippen molar-refractivity contribution in [2.45, 2.75) is 34.1 Å². The van der Waals surface area contributed by atoms with E-state index >= 15 is 0 Å². The quantitative estimate of drug-likeness (QED) is 0.839. The van der Waals surface area contributed by atoms with Crippen molar-refractivity contribution in [3.05, 3.63) is 45.9 Å². The summed E-state index contributed by atoms with van der Waals surface area (Å²) in [7, 11) is 1.83. The Labute approximate surface area is 148 Å². The van der Waals surface area contributed by atoms with Crippen molar-refractivity contribution >= 4 is 29.0 Å². The Balaban J connectivity index is 2.16. The van der Waals surface area contributed by atoms with E-state index in [-0.39, 0.29) is 12.5 Å². The Morgan fingerprint density at radius 2 is 1.83 bits per heavy atom. The van der Waals surface area contributed by atoms with Crippen molar-refractivity contribution in [3.8, 4) is 0 Å². The van der Waals surface area contributed by atoms with Gasteiger partial charge >= 0.3 is 0 Å². The minimum Gasteiger partial charge on any atom is -0.350 e. The topological polar surface area (TPSA) is 58.1 Å². The summed E-state index contributed by atoms with van der Waals surface area (Å²) in [6.07, 6.45) is 0.690. The molecule has 1 aromatic heterocycles. The first-order valence-electron chi connectivity index (χ1n) is 7.93. The van der Waals surface area contributed by atoms with Crippen LogP contribution in [0, 0.1) is 20.8 Å². The first kappa shape index (κ1) is 18.2. The average Bonchev–Trinajstić information content (AvgIpc) is 2.53. The van der Waals surface area contributed by atoms with Gasteiger partial charge in [-0.25, -0.2) is 9.97 Å². The van der Waals surface area contributed by atoms with E-state index in [1.807, 2.05) is 52.9 Å². The van der Waals surface area contributed by atoms with Crippen molar-refractivity contribution in [2.75, 3.05) is 23.8 Å². The van der Waals surface area contributed by atoms with Gasteiger partial charge in [0.1, 0.15) is 16.8 Å². The minimum absolute atomic E-state index is 0.0953. The summed E-state index contributed by atoms with van der Waals surface area (Å²) in [6.45, 7) is 7.98. The fraction of sp³-hybridized carbons (Fsp3) is 0.389. The molecular weight excluding hydrogens is 324 g/mol. The second-order valence-electron chi connectivity index (χ2n) is 5.90. The Kier molecular flexibility index (Phi) is 5.78. The summed E-state index contributed by atoms with van der Waals surface area (Å²) in [5, 5.41) is 3.41. The minimum atomic E-state index is -0.0953. The van der Waals surface area contributed by atoms with Crippen LogP contribution in [0.15, 0.2) is 18.2 Å². The molecule has 0 saturated heterocycles. The molecule has 0 atom stereocenters. The van der Waals surface area contributed by atoms with Crippen LogP contribution in [0.25, 0.3) is 0 Å². The van der Waals surface area contributed by atoms with Crippen LogP contribution in [0.4, 0.5) is 11.5 Å². The maximum absolute atomic E-state index is 12.4. The molecule has 5 nitrogen and oxygen atoms in total. The van der Waals surface area contributed by atoms with E-state index in [2.05, 4.69) is 15.3 Å². The number of carbonyl (C=O) groups is 1. The van der Waals surface area contributed by atoms with Crippen molar-refractivity contribution in [1.29, 1.82) is 0 Å². The van der Waals surface area contributed by atoms with Crippen molar-refractivity contribution in [3.63, 3.8) is 0 Å². The monoisotopic (exact) mass is 346 g/mol. The predicted octanol–water partition coefficient (Wildman–Crippen LogP) is 3.69. The van der Waals surface area contributed by atoms with Crippen LogP contribution < -0.4 is 10.2 Å². The third-order valence-electron chi connectivity index (χ3n) is 3.91. The molecule has 0 bridgehead atoms. The number of benzene rings is 1. The molecule has 0 saturated carbocycles. The Hall–Kier alpha value is -2.14. The number of amides is 1. The molecule has 0 radical (unpaired) electrons. The fourth-order valence-corrected chi connectivity index (χ4v) is 2.71. The van der Waals surface area contributed by atoms with E-state index in [4.69, 9.17) is 11.6 Å². The van der Waals surface area contributed by atoms with E-state index in [1.165, 1.54) is 0 Å². The molecule has 0 spiro atoms. The van der Waals surface area contributed by atoms with Crippen molar-refractivity contribution in [1.82, 2.24) is 9.97 Å². The zero-order valence-corrected chi connectivity index (χ0v) is 15.5. The predicted molar refractivity (Wildman–Crippen MR) is 99.0 cm³/mol. The number of aromatic nitrogens is 2. The number of carbonyl (C=O) groups excluding carboxylic acids is 1. The maximum atomic E-state index is 12.4. The summed E-state index contributed by atoms with van der Waals surface area (Å²) in [4.78, 5) is 22.9. The lowest BCUT2D eigenvalue weighted by Crippen LogP contribution is -2.31. The number of para-hydroxylation sites is 1. The van der Waals surface area contributed by atoms with Crippen LogP contribution in [0.3, 0.4) is 0 Å². The van der Waals surface area contributed by atoms with Gasteiger partial charge in [-0.1, -0.05) is 36.7 Å². The first-order chi connectivity index (χ1) is 11.3. The molecule has 0 aliphatic heterocycles. The lowest BCUT2D eigenvalue weighted by Gasteiger charge is -2.21. The van der Waals surface area contributed by atoms with Gasteiger partial charge in [-0.15, -0.1) is 0 Å². The SMILES string of the molecule is CCc1nc(Cl)c(C)c(N(C)CC(=O)Nc2c(C)cccc2C)n1. The molecule has 2 rings (SSSR count). The first-order valence-corrected chi connectivity index (χ1v) is 8.31. The third kappa shape index (κ3) is 4.03. The molecule has 0 unspecified atom stereocenters. The summed E-state index contributed by atoms with van der Waals surface area (Å²) in [6, 6.07) is 5.94. The highest BCUT2D eigenvalue weighted by Crippen LogP contribution is 2.23. The van der Waals surface area contributed by atoms with Crippen LogP contribution in [-0.2, 0) is 11.2 Å². The number of nitrogens with zero attached hydrogens (tertiary/aromatic N) is 3. The standard InChI is InChI=1S/C18H23ClN4O/c1-6-14-20-17(19)13(4)18(21-14)23(5)10-15(24)22-16-11(2)8-7-9-12(16)3/h7-9H,6,10H2,1-5H3,(H,22,24). The number of likely N-dealkylation sites (N-methyl/N-ethyl adjacent to an activating group) is 1. The number of nitrogens with one attached hydrogen (secondary N) is 1. The normalized spacial score (nSPS) is 10.6. The highest BCUT2D eigenvalue weighted by molar-refractivity contribution is 6.30. The smallest absolute Gasteiger partial charge is 0.243 e. The van der Waals surface area contributed by atoms with Crippen LogP contribution in [-0.4, -0.2) is 29.5 Å². The Morgan fingerprint density at radius 1 is 1.21 bits per heavy atom. The zero-order chi connectivity index (χ0) is 17.9. The van der Waals surface area contributed by atoms with E-state index < -0.39 is 0 Å². The van der Waals surface area contributed by atoms with Gasteiger partial charge in [0, 0.05) is 24.7 Å². The van der Waals surface area contributed by atoms with Crippen molar-refractivity contribution in [2.24, 2.45) is 0 Å². The Bertz CT molecular complexity index is 741. The van der Waals surface area contributed by atoms with Crippen LogP contribution in [0.1, 0.15) is 29.4 Å². The second-order valence-corrected chi connectivity index (χ2v) is 6.26. The number of anilines is 2. The molecule has 0 aliphatic rings. The van der Waals surface area contributed by atoms with E-state index in [9.17, 15) is 4.79 Å². The summed E-state index contributed by atoms with van der Waals surface area (Å²) >= 11 is 6.17. The second kappa shape index (κ2) is 7.62. The molecule has 2 aromatic rings. The number of rotatable bonds is 5. The molecule has 0 fully saturated rings.